The van der Waals surface area contributed by atoms with E-state index in [0.29, 0.717) is 5.11 Å². The number of aryl methyl sites for hydroxylation is 1. The monoisotopic (exact) mass is 404 g/mol. The van der Waals surface area contributed by atoms with Crippen molar-refractivity contribution < 1.29 is 22.1 Å². The van der Waals surface area contributed by atoms with E-state index in [-0.39, 0.29) is 23.1 Å². The van der Waals surface area contributed by atoms with Crippen LogP contribution in [-0.2, 0) is 17.1 Å². The number of nitrogens with one attached hydrogen (secondary N) is 2. The van der Waals surface area contributed by atoms with Crippen LogP contribution >= 0.6 is 12.2 Å². The second-order valence-corrected chi connectivity index (χ2v) is 6.45. The fourth-order valence-corrected chi connectivity index (χ4v) is 2.99. The zero-order valence-electron chi connectivity index (χ0n) is 14.5. The van der Waals surface area contributed by atoms with Gasteiger partial charge in [-0.3, -0.25) is 0 Å². The standard InChI is InChI=1S/C16H16N3S.C5H5.Fe/c1-11-6-8-12(9-7-11)14-10-15(13-4-2-3-5-13)19(18-14)16(17)20;1-2-4-5-3-1;/h2-10,15,18H,1H3,(H2,17,20);1-5H;/q2*-1;/p+1. The molecule has 5 heteroatoms. The molecule has 0 aromatic heterocycles. The number of benzene rings is 1. The molecule has 0 bridgehead atoms. The summed E-state index contributed by atoms with van der Waals surface area (Å²) in [5, 5.41) is 1.33. The van der Waals surface area contributed by atoms with Crippen molar-refractivity contribution in [2.75, 3.05) is 0 Å². The predicted octanol–water partition coefficient (Wildman–Crippen LogP) is 2.61. The number of nitrogens with two attached hydrogens (primary N) is 1. The molecule has 0 spiro atoms. The molecule has 0 saturated carbocycles. The van der Waals surface area contributed by atoms with E-state index < -0.39 is 0 Å². The van der Waals surface area contributed by atoms with Gasteiger partial charge in [-0.05, 0) is 6.92 Å². The number of hydrogen-bond acceptors (Lipinski definition) is 2. The molecule has 1 aliphatic carbocycles. The fourth-order valence-electron chi connectivity index (χ4n) is 2.81. The Kier molecular flexibility index (Phi) is 7.61. The first-order valence-electron chi connectivity index (χ1n) is 8.26. The second-order valence-electron chi connectivity index (χ2n) is 6.01. The van der Waals surface area contributed by atoms with E-state index in [4.69, 9.17) is 18.0 Å². The summed E-state index contributed by atoms with van der Waals surface area (Å²) in [7, 11) is 0. The van der Waals surface area contributed by atoms with Gasteiger partial charge in [-0.15, -0.1) is 18.4 Å². The van der Waals surface area contributed by atoms with Crippen molar-refractivity contribution in [3.05, 3.63) is 103 Å². The molecule has 2 aromatic rings. The number of allylic oxidation sites excluding steroid dienone is 2. The van der Waals surface area contributed by atoms with Crippen LogP contribution in [0, 0.1) is 26.2 Å². The van der Waals surface area contributed by atoms with E-state index >= 15 is 0 Å². The van der Waals surface area contributed by atoms with E-state index in [0.717, 1.165) is 16.3 Å². The molecule has 4 N–H and O–H groups in total. The van der Waals surface area contributed by atoms with Gasteiger partial charge in [-0.25, -0.2) is 36.1 Å². The average molecular weight is 404 g/mol. The molecule has 3 nitrogen and oxygen atoms in total. The molecule has 0 amide bonds. The van der Waals surface area contributed by atoms with Crippen LogP contribution in [0.15, 0.2) is 66.8 Å². The minimum Gasteiger partial charge on any atom is -0.343 e. The Morgan fingerprint density at radius 2 is 2.00 bits per heavy atom. The third kappa shape index (κ3) is 5.05. The van der Waals surface area contributed by atoms with Gasteiger partial charge in [0.1, 0.15) is 6.04 Å². The van der Waals surface area contributed by atoms with E-state index in [2.05, 4.69) is 54.8 Å². The summed E-state index contributed by atoms with van der Waals surface area (Å²) < 4.78 is 0. The van der Waals surface area contributed by atoms with E-state index in [1.54, 1.807) is 0 Å². The Morgan fingerprint density at radius 3 is 2.50 bits per heavy atom. The summed E-state index contributed by atoms with van der Waals surface area (Å²) in [6.45, 7) is 2.08. The summed E-state index contributed by atoms with van der Waals surface area (Å²) in [4.78, 5) is 0. The topological polar surface area (TPSA) is 42.5 Å². The van der Waals surface area contributed by atoms with E-state index in [1.807, 2.05) is 43.5 Å². The van der Waals surface area contributed by atoms with Gasteiger partial charge >= 0.3 is 0 Å². The first kappa shape index (κ1) is 20.4. The normalized spacial score (nSPS) is 20.1. The Hall–Kier alpha value is -1.91. The Balaban J connectivity index is 0.000000351. The molecule has 2 aromatic carbocycles. The first-order valence-corrected chi connectivity index (χ1v) is 8.67. The van der Waals surface area contributed by atoms with Crippen molar-refractivity contribution in [1.82, 2.24) is 5.43 Å². The predicted molar refractivity (Wildman–Crippen MR) is 107 cm³/mol. The van der Waals surface area contributed by atoms with Crippen molar-refractivity contribution in [2.45, 2.75) is 13.0 Å². The molecule has 136 valence electrons. The Bertz CT molecular complexity index is 757. The van der Waals surface area contributed by atoms with Crippen LogP contribution in [-0.4, -0.2) is 5.11 Å². The molecule has 26 heavy (non-hydrogen) atoms. The number of rotatable bonds is 2. The molecule has 4 rings (SSSR count). The third-order valence-electron chi connectivity index (χ3n) is 4.14. The van der Waals surface area contributed by atoms with Gasteiger partial charge in [0.25, 0.3) is 5.11 Å². The van der Waals surface area contributed by atoms with Crippen molar-refractivity contribution in [2.24, 2.45) is 5.73 Å². The number of thiocarbonyl (C=S) groups is 1. The summed E-state index contributed by atoms with van der Waals surface area (Å²) in [6, 6.07) is 16.8. The molecule has 2 atom stereocenters. The summed E-state index contributed by atoms with van der Waals surface area (Å²) in [5.41, 5.74) is 13.9. The van der Waals surface area contributed by atoms with Crippen molar-refractivity contribution in [3.63, 3.8) is 0 Å². The second kappa shape index (κ2) is 9.69. The molecule has 1 heterocycles. The molecule has 2 unspecified atom stereocenters. The zero-order valence-corrected chi connectivity index (χ0v) is 16.4. The smallest absolute Gasteiger partial charge is 0.291 e. The van der Waals surface area contributed by atoms with Gasteiger partial charge in [0.15, 0.2) is 0 Å². The fraction of sp³-hybridized carbons (Fsp3) is 0.0952. The zero-order chi connectivity index (χ0) is 17.6. The van der Waals surface area contributed by atoms with Crippen LogP contribution in [0.5, 0.6) is 0 Å². The maximum absolute atomic E-state index is 5.86. The van der Waals surface area contributed by atoms with Crippen LogP contribution in [0.3, 0.4) is 0 Å². The summed E-state index contributed by atoms with van der Waals surface area (Å²) in [5.74, 6) is 0. The van der Waals surface area contributed by atoms with Crippen LogP contribution in [0.4, 0.5) is 0 Å². The van der Waals surface area contributed by atoms with Gasteiger partial charge in [0.2, 0.25) is 0 Å². The van der Waals surface area contributed by atoms with Crippen LogP contribution < -0.4 is 16.2 Å². The minimum absolute atomic E-state index is 0. The minimum atomic E-state index is 0. The maximum atomic E-state index is 5.86. The van der Waals surface area contributed by atoms with Crippen molar-refractivity contribution in [3.8, 4) is 0 Å². The third-order valence-corrected chi connectivity index (χ3v) is 4.36. The van der Waals surface area contributed by atoms with Gasteiger partial charge < -0.3 is 5.73 Å². The molecular weight excluding hydrogens is 382 g/mol. The maximum Gasteiger partial charge on any atom is 0.291 e. The summed E-state index contributed by atoms with van der Waals surface area (Å²) >= 11 is 5.17. The van der Waals surface area contributed by atoms with Crippen LogP contribution in [0.1, 0.15) is 22.7 Å². The summed E-state index contributed by atoms with van der Waals surface area (Å²) in [6.07, 6.45) is 12.2. The molecule has 1 aliphatic heterocycles. The van der Waals surface area contributed by atoms with Gasteiger partial charge in [-0.1, -0.05) is 29.8 Å². The SMILES string of the molecule is Cc1ccc(C2=CC(c3ccc[cH-]3)[NH+](C(N)=S)N2)cc1.[CH]1[CH][CH-]C=C1.[Fe]. The number of hydrogen-bond donors (Lipinski definition) is 3. The van der Waals surface area contributed by atoms with Gasteiger partial charge in [0, 0.05) is 40.9 Å². The molecule has 0 fully saturated rings. The van der Waals surface area contributed by atoms with Gasteiger partial charge in [0.05, 0.1) is 5.70 Å². The van der Waals surface area contributed by atoms with Crippen LogP contribution in [0.25, 0.3) is 5.70 Å². The average Bonchev–Trinajstić information content (AvgIpc) is 3.36. The molecule has 2 aliphatic rings. The molecular formula is C21H22FeN3S-. The molecule has 0 saturated heterocycles. The van der Waals surface area contributed by atoms with E-state index in [9.17, 15) is 0 Å². The molecule has 2 radical (unpaired) electrons. The quantitative estimate of drug-likeness (QED) is 0.410. The number of quaternary nitrogens is 1. The first-order chi connectivity index (χ1) is 12.1. The van der Waals surface area contributed by atoms with Crippen LogP contribution in [0.2, 0.25) is 0 Å². The van der Waals surface area contributed by atoms with Crippen molar-refractivity contribution >= 4 is 23.0 Å². The van der Waals surface area contributed by atoms with Gasteiger partial charge in [-0.2, -0.15) is 17.1 Å². The Morgan fingerprint density at radius 1 is 1.23 bits per heavy atom. The Labute approximate surface area is 171 Å². The van der Waals surface area contributed by atoms with E-state index in [1.165, 1.54) is 11.1 Å². The van der Waals surface area contributed by atoms with Crippen molar-refractivity contribution in [1.29, 1.82) is 0 Å². The largest absolute Gasteiger partial charge is 0.343 e.